The molecule has 0 aromatic heterocycles. The van der Waals surface area contributed by atoms with Crippen molar-refractivity contribution in [1.29, 1.82) is 0 Å². The van der Waals surface area contributed by atoms with Crippen molar-refractivity contribution < 1.29 is 9.13 Å². The largest absolute Gasteiger partial charge is 0.381 e. The lowest BCUT2D eigenvalue weighted by atomic mass is 9.87. The minimum Gasteiger partial charge on any atom is -0.381 e. The molecule has 1 aromatic carbocycles. The van der Waals surface area contributed by atoms with Crippen LogP contribution in [-0.2, 0) is 11.2 Å². The lowest BCUT2D eigenvalue weighted by Gasteiger charge is -2.31. The molecule has 1 unspecified atom stereocenters. The third-order valence-corrected chi connectivity index (χ3v) is 4.33. The smallest absolute Gasteiger partial charge is 0.124 e. The second-order valence-electron chi connectivity index (χ2n) is 5.49. The molecule has 0 amide bonds. The molecule has 0 bridgehead atoms. The summed E-state index contributed by atoms with van der Waals surface area (Å²) in [6.07, 6.45) is 4.18. The molecule has 1 fully saturated rings. The molecular formula is C16H23BrFNO. The first-order valence-corrected chi connectivity index (χ1v) is 8.24. The molecule has 112 valence electrons. The van der Waals surface area contributed by atoms with E-state index in [1.165, 1.54) is 6.07 Å². The molecule has 1 saturated heterocycles. The Morgan fingerprint density at radius 2 is 2.10 bits per heavy atom. The van der Waals surface area contributed by atoms with Gasteiger partial charge in [-0.2, -0.15) is 0 Å². The van der Waals surface area contributed by atoms with Gasteiger partial charge in [-0.05, 0) is 61.9 Å². The maximum atomic E-state index is 13.5. The van der Waals surface area contributed by atoms with Crippen molar-refractivity contribution in [3.8, 4) is 0 Å². The topological polar surface area (TPSA) is 21.3 Å². The molecule has 1 atom stereocenters. The second kappa shape index (κ2) is 8.11. The average molecular weight is 344 g/mol. The molecule has 0 spiro atoms. The lowest BCUT2D eigenvalue weighted by molar-refractivity contribution is 0.0537. The molecule has 0 aliphatic carbocycles. The van der Waals surface area contributed by atoms with Crippen LogP contribution in [0.2, 0.25) is 0 Å². The van der Waals surface area contributed by atoms with Crippen molar-refractivity contribution in [2.45, 2.75) is 38.6 Å². The number of hydrogen-bond acceptors (Lipinski definition) is 2. The van der Waals surface area contributed by atoms with Gasteiger partial charge in [0, 0.05) is 23.7 Å². The molecule has 1 N–H and O–H groups in total. The van der Waals surface area contributed by atoms with Crippen molar-refractivity contribution in [2.75, 3.05) is 19.8 Å². The monoisotopic (exact) mass is 343 g/mol. The summed E-state index contributed by atoms with van der Waals surface area (Å²) >= 11 is 3.37. The highest BCUT2D eigenvalue weighted by Crippen LogP contribution is 2.23. The Bertz CT molecular complexity index is 401. The van der Waals surface area contributed by atoms with Crippen LogP contribution in [0.5, 0.6) is 0 Å². The molecule has 1 heterocycles. The Morgan fingerprint density at radius 3 is 2.75 bits per heavy atom. The predicted molar refractivity (Wildman–Crippen MR) is 83.4 cm³/mol. The summed E-state index contributed by atoms with van der Waals surface area (Å²) in [7, 11) is 0. The first-order valence-electron chi connectivity index (χ1n) is 7.45. The summed E-state index contributed by atoms with van der Waals surface area (Å²) in [6.45, 7) is 4.88. The molecule has 1 aliphatic rings. The number of hydrogen-bond donors (Lipinski definition) is 1. The fourth-order valence-corrected chi connectivity index (χ4v) is 3.35. The van der Waals surface area contributed by atoms with Crippen molar-refractivity contribution in [2.24, 2.45) is 5.92 Å². The van der Waals surface area contributed by atoms with Crippen LogP contribution in [0.15, 0.2) is 22.7 Å². The Balaban J connectivity index is 2.05. The Labute approximate surface area is 129 Å². The number of nitrogens with one attached hydrogen (secondary N) is 1. The van der Waals surface area contributed by atoms with Gasteiger partial charge in [0.25, 0.3) is 0 Å². The van der Waals surface area contributed by atoms with E-state index in [0.717, 1.165) is 55.5 Å². The standard InChI is InChI=1S/C16H23BrFNO/c1-2-5-19-16(13-3-6-20-7-4-13)10-12-8-14(17)11-15(18)9-12/h8-9,11,13,16,19H,2-7,10H2,1H3. The van der Waals surface area contributed by atoms with Crippen molar-refractivity contribution in [1.82, 2.24) is 5.32 Å². The zero-order valence-electron chi connectivity index (χ0n) is 12.0. The highest BCUT2D eigenvalue weighted by Gasteiger charge is 2.23. The van der Waals surface area contributed by atoms with Gasteiger partial charge in [0.1, 0.15) is 5.82 Å². The highest BCUT2D eigenvalue weighted by molar-refractivity contribution is 9.10. The fourth-order valence-electron chi connectivity index (χ4n) is 2.84. The zero-order valence-corrected chi connectivity index (χ0v) is 13.6. The SMILES string of the molecule is CCCNC(Cc1cc(F)cc(Br)c1)C1CCOCC1. The average Bonchev–Trinajstić information content (AvgIpc) is 2.43. The van der Waals surface area contributed by atoms with Gasteiger partial charge in [-0.3, -0.25) is 0 Å². The summed E-state index contributed by atoms with van der Waals surface area (Å²) < 4.78 is 19.8. The number of benzene rings is 1. The molecule has 1 aliphatic heterocycles. The first kappa shape index (κ1) is 15.9. The van der Waals surface area contributed by atoms with Gasteiger partial charge in [-0.25, -0.2) is 4.39 Å². The van der Waals surface area contributed by atoms with Crippen LogP contribution in [-0.4, -0.2) is 25.8 Å². The van der Waals surface area contributed by atoms with Crippen molar-refractivity contribution >= 4 is 15.9 Å². The Kier molecular flexibility index (Phi) is 6.46. The fraction of sp³-hybridized carbons (Fsp3) is 0.625. The first-order chi connectivity index (χ1) is 9.69. The summed E-state index contributed by atoms with van der Waals surface area (Å²) in [4.78, 5) is 0. The summed E-state index contributed by atoms with van der Waals surface area (Å²) in [6, 6.07) is 5.58. The van der Waals surface area contributed by atoms with E-state index in [9.17, 15) is 4.39 Å². The quantitative estimate of drug-likeness (QED) is 0.844. The van der Waals surface area contributed by atoms with Crippen LogP contribution < -0.4 is 5.32 Å². The summed E-state index contributed by atoms with van der Waals surface area (Å²) in [5.74, 6) is 0.452. The third kappa shape index (κ3) is 4.83. The second-order valence-corrected chi connectivity index (χ2v) is 6.41. The van der Waals surface area contributed by atoms with Crippen LogP contribution in [0.4, 0.5) is 4.39 Å². The Morgan fingerprint density at radius 1 is 1.35 bits per heavy atom. The van der Waals surface area contributed by atoms with Gasteiger partial charge < -0.3 is 10.1 Å². The van der Waals surface area contributed by atoms with Crippen LogP contribution in [0, 0.1) is 11.7 Å². The molecule has 0 radical (unpaired) electrons. The molecule has 20 heavy (non-hydrogen) atoms. The zero-order chi connectivity index (χ0) is 14.4. The molecular weight excluding hydrogens is 321 g/mol. The van der Waals surface area contributed by atoms with Gasteiger partial charge in [0.05, 0.1) is 0 Å². The molecule has 2 rings (SSSR count). The van der Waals surface area contributed by atoms with Crippen molar-refractivity contribution in [3.05, 3.63) is 34.1 Å². The van der Waals surface area contributed by atoms with E-state index >= 15 is 0 Å². The lowest BCUT2D eigenvalue weighted by Crippen LogP contribution is -2.41. The molecule has 2 nitrogen and oxygen atoms in total. The minimum absolute atomic E-state index is 0.171. The van der Waals surface area contributed by atoms with E-state index < -0.39 is 0 Å². The van der Waals surface area contributed by atoms with E-state index in [0.29, 0.717) is 12.0 Å². The highest BCUT2D eigenvalue weighted by atomic mass is 79.9. The Hall–Kier alpha value is -0.450. The molecule has 1 aromatic rings. The van der Waals surface area contributed by atoms with Gasteiger partial charge >= 0.3 is 0 Å². The van der Waals surface area contributed by atoms with Gasteiger partial charge in [0.2, 0.25) is 0 Å². The van der Waals surface area contributed by atoms with E-state index in [1.54, 1.807) is 6.07 Å². The van der Waals surface area contributed by atoms with Crippen LogP contribution in [0.3, 0.4) is 0 Å². The normalized spacial score (nSPS) is 18.1. The summed E-state index contributed by atoms with van der Waals surface area (Å²) in [5, 5.41) is 3.63. The van der Waals surface area contributed by atoms with Gasteiger partial charge in [-0.1, -0.05) is 22.9 Å². The van der Waals surface area contributed by atoms with E-state index in [4.69, 9.17) is 4.74 Å². The van der Waals surface area contributed by atoms with Gasteiger partial charge in [0.15, 0.2) is 0 Å². The number of ether oxygens (including phenoxy) is 1. The number of halogens is 2. The van der Waals surface area contributed by atoms with E-state index in [2.05, 4.69) is 28.2 Å². The maximum absolute atomic E-state index is 13.5. The summed E-state index contributed by atoms with van der Waals surface area (Å²) in [5.41, 5.74) is 1.05. The van der Waals surface area contributed by atoms with Crippen LogP contribution in [0.25, 0.3) is 0 Å². The molecule has 4 heteroatoms. The van der Waals surface area contributed by atoms with Gasteiger partial charge in [-0.15, -0.1) is 0 Å². The van der Waals surface area contributed by atoms with Crippen LogP contribution >= 0.6 is 15.9 Å². The van der Waals surface area contributed by atoms with E-state index in [1.807, 2.05) is 6.07 Å². The molecule has 0 saturated carbocycles. The van der Waals surface area contributed by atoms with Crippen LogP contribution in [0.1, 0.15) is 31.7 Å². The maximum Gasteiger partial charge on any atom is 0.124 e. The third-order valence-electron chi connectivity index (χ3n) is 3.87. The predicted octanol–water partition coefficient (Wildman–Crippen LogP) is 3.93. The van der Waals surface area contributed by atoms with E-state index in [-0.39, 0.29) is 5.82 Å². The minimum atomic E-state index is -0.171. The number of rotatable bonds is 6. The van der Waals surface area contributed by atoms with Crippen molar-refractivity contribution in [3.63, 3.8) is 0 Å².